The lowest BCUT2D eigenvalue weighted by Crippen LogP contribution is -2.13. The minimum atomic E-state index is -0.503. The highest BCUT2D eigenvalue weighted by atomic mass is 35.5. The molecule has 0 atom stereocenters. The van der Waals surface area contributed by atoms with Crippen molar-refractivity contribution in [2.24, 2.45) is 0 Å². The molecule has 0 spiro atoms. The molecule has 3 rings (SSSR count). The molecule has 0 aliphatic heterocycles. The number of nitrogens with one attached hydrogen (secondary N) is 1. The average Bonchev–Trinajstić information content (AvgIpc) is 2.96. The molecule has 0 radical (unpaired) electrons. The van der Waals surface area contributed by atoms with Crippen LogP contribution >= 0.6 is 11.6 Å². The lowest BCUT2D eigenvalue weighted by molar-refractivity contribution is -0.385. The van der Waals surface area contributed by atoms with Gasteiger partial charge >= 0.3 is 0 Å². The van der Waals surface area contributed by atoms with Crippen LogP contribution in [0.4, 0.5) is 11.5 Å². The van der Waals surface area contributed by atoms with Gasteiger partial charge in [0.05, 0.1) is 11.5 Å². The number of nitrogens with zero attached hydrogens (tertiary/aromatic N) is 3. The van der Waals surface area contributed by atoms with Gasteiger partial charge in [-0.05, 0) is 37.6 Å². The van der Waals surface area contributed by atoms with Crippen molar-refractivity contribution in [3.8, 4) is 0 Å². The van der Waals surface area contributed by atoms with Crippen LogP contribution in [0, 0.1) is 24.0 Å². The lowest BCUT2D eigenvalue weighted by atomic mass is 10.1. The van der Waals surface area contributed by atoms with Crippen LogP contribution in [-0.4, -0.2) is 20.6 Å². The summed E-state index contributed by atoms with van der Waals surface area (Å²) in [4.78, 5) is 23.0. The third-order valence-corrected chi connectivity index (χ3v) is 4.39. The van der Waals surface area contributed by atoms with Crippen molar-refractivity contribution in [2.75, 3.05) is 5.32 Å². The number of halogens is 1. The smallest absolute Gasteiger partial charge is 0.273 e. The van der Waals surface area contributed by atoms with Gasteiger partial charge < -0.3 is 5.32 Å². The zero-order valence-electron chi connectivity index (χ0n) is 14.8. The number of nitro benzene ring substituents is 1. The Labute approximate surface area is 160 Å². The van der Waals surface area contributed by atoms with Gasteiger partial charge in [-0.1, -0.05) is 29.8 Å². The summed E-state index contributed by atoms with van der Waals surface area (Å²) in [5.74, 6) is -0.0658. The molecule has 0 fully saturated rings. The standard InChI is InChI=1S/C19H17ClN4O3/c1-12-3-6-15(10-17(12)24(26)27)19(25)21-18-9-13(2)23(22-18)11-14-4-7-16(20)8-5-14/h3-10H,11H2,1-2H3,(H,21,22,25). The Morgan fingerprint density at radius 2 is 1.89 bits per heavy atom. The summed E-state index contributed by atoms with van der Waals surface area (Å²) in [6, 6.07) is 13.6. The number of carbonyl (C=O) groups is 1. The number of aryl methyl sites for hydroxylation is 2. The molecule has 0 bridgehead atoms. The number of carbonyl (C=O) groups excluding carboxylic acids is 1. The van der Waals surface area contributed by atoms with Gasteiger partial charge in [-0.3, -0.25) is 19.6 Å². The quantitative estimate of drug-likeness (QED) is 0.522. The van der Waals surface area contributed by atoms with E-state index in [2.05, 4.69) is 10.4 Å². The van der Waals surface area contributed by atoms with E-state index in [-0.39, 0.29) is 11.3 Å². The van der Waals surface area contributed by atoms with Crippen LogP contribution in [0.1, 0.15) is 27.2 Å². The van der Waals surface area contributed by atoms with Crippen molar-refractivity contribution in [1.29, 1.82) is 0 Å². The Balaban J connectivity index is 1.76. The number of hydrogen-bond acceptors (Lipinski definition) is 4. The predicted octanol–water partition coefficient (Wildman–Crippen LogP) is 4.36. The molecule has 2 aromatic carbocycles. The molecule has 138 valence electrons. The number of benzene rings is 2. The van der Waals surface area contributed by atoms with Gasteiger partial charge in [0.2, 0.25) is 0 Å². The Hall–Kier alpha value is -3.19. The molecular formula is C19H17ClN4O3. The molecule has 3 aromatic rings. The largest absolute Gasteiger partial charge is 0.305 e. The highest BCUT2D eigenvalue weighted by Crippen LogP contribution is 2.20. The van der Waals surface area contributed by atoms with E-state index < -0.39 is 10.8 Å². The number of rotatable bonds is 5. The van der Waals surface area contributed by atoms with Gasteiger partial charge in [0.1, 0.15) is 0 Å². The van der Waals surface area contributed by atoms with Crippen LogP contribution in [0.25, 0.3) is 0 Å². The summed E-state index contributed by atoms with van der Waals surface area (Å²) in [6.45, 7) is 4.05. The predicted molar refractivity (Wildman–Crippen MR) is 103 cm³/mol. The van der Waals surface area contributed by atoms with Crippen molar-refractivity contribution < 1.29 is 9.72 Å². The first-order valence-electron chi connectivity index (χ1n) is 8.19. The third-order valence-electron chi connectivity index (χ3n) is 4.14. The first kappa shape index (κ1) is 18.6. The van der Waals surface area contributed by atoms with Crippen LogP contribution in [0.3, 0.4) is 0 Å². The molecule has 1 aromatic heterocycles. The van der Waals surface area contributed by atoms with E-state index in [1.54, 1.807) is 29.8 Å². The Morgan fingerprint density at radius 3 is 2.56 bits per heavy atom. The second-order valence-corrected chi connectivity index (χ2v) is 6.60. The Bertz CT molecular complexity index is 1010. The molecular weight excluding hydrogens is 368 g/mol. The van der Waals surface area contributed by atoms with Crippen LogP contribution in [-0.2, 0) is 6.54 Å². The van der Waals surface area contributed by atoms with E-state index in [1.165, 1.54) is 6.07 Å². The zero-order valence-corrected chi connectivity index (χ0v) is 15.5. The Morgan fingerprint density at radius 1 is 1.19 bits per heavy atom. The molecule has 0 saturated carbocycles. The monoisotopic (exact) mass is 384 g/mol. The first-order chi connectivity index (χ1) is 12.8. The maximum atomic E-state index is 12.4. The summed E-state index contributed by atoms with van der Waals surface area (Å²) in [7, 11) is 0. The van der Waals surface area contributed by atoms with E-state index in [0.717, 1.165) is 11.3 Å². The van der Waals surface area contributed by atoms with Crippen LogP contribution in [0.15, 0.2) is 48.5 Å². The summed E-state index contributed by atoms with van der Waals surface area (Å²) in [5, 5.41) is 18.8. The summed E-state index contributed by atoms with van der Waals surface area (Å²) in [5.41, 5.74) is 2.51. The molecule has 7 nitrogen and oxygen atoms in total. The van der Waals surface area contributed by atoms with Gasteiger partial charge in [0.25, 0.3) is 11.6 Å². The fourth-order valence-electron chi connectivity index (χ4n) is 2.63. The highest BCUT2D eigenvalue weighted by Gasteiger charge is 2.16. The average molecular weight is 385 g/mol. The van der Waals surface area contributed by atoms with E-state index >= 15 is 0 Å². The van der Waals surface area contributed by atoms with Crippen molar-refractivity contribution in [3.63, 3.8) is 0 Å². The number of anilines is 1. The second-order valence-electron chi connectivity index (χ2n) is 6.17. The van der Waals surface area contributed by atoms with Crippen molar-refractivity contribution in [2.45, 2.75) is 20.4 Å². The van der Waals surface area contributed by atoms with Crippen LogP contribution in [0.5, 0.6) is 0 Å². The maximum absolute atomic E-state index is 12.4. The first-order valence-corrected chi connectivity index (χ1v) is 8.56. The van der Waals surface area contributed by atoms with Gasteiger partial charge in [-0.25, -0.2) is 0 Å². The molecule has 1 heterocycles. The molecule has 8 heteroatoms. The zero-order chi connectivity index (χ0) is 19.6. The maximum Gasteiger partial charge on any atom is 0.273 e. The van der Waals surface area contributed by atoms with Crippen molar-refractivity contribution in [3.05, 3.63) is 86.1 Å². The van der Waals surface area contributed by atoms with Crippen LogP contribution in [0.2, 0.25) is 5.02 Å². The molecule has 27 heavy (non-hydrogen) atoms. The summed E-state index contributed by atoms with van der Waals surface area (Å²) < 4.78 is 1.76. The van der Waals surface area contributed by atoms with E-state index in [4.69, 9.17) is 11.6 Å². The van der Waals surface area contributed by atoms with Gasteiger partial charge in [-0.2, -0.15) is 5.10 Å². The van der Waals surface area contributed by atoms with Gasteiger partial charge in [-0.15, -0.1) is 0 Å². The van der Waals surface area contributed by atoms with Crippen molar-refractivity contribution in [1.82, 2.24) is 9.78 Å². The van der Waals surface area contributed by atoms with Gasteiger partial charge in [0.15, 0.2) is 5.82 Å². The normalized spacial score (nSPS) is 10.6. The molecule has 0 unspecified atom stereocenters. The molecule has 0 aliphatic rings. The number of aromatic nitrogens is 2. The molecule has 0 saturated heterocycles. The third kappa shape index (κ3) is 4.32. The van der Waals surface area contributed by atoms with Gasteiger partial charge in [0, 0.05) is 34.0 Å². The van der Waals surface area contributed by atoms with E-state index in [0.29, 0.717) is 22.9 Å². The second kappa shape index (κ2) is 7.59. The summed E-state index contributed by atoms with van der Waals surface area (Å²) in [6.07, 6.45) is 0. The topological polar surface area (TPSA) is 90.1 Å². The number of hydrogen-bond donors (Lipinski definition) is 1. The minimum absolute atomic E-state index is 0.0906. The fourth-order valence-corrected chi connectivity index (χ4v) is 2.76. The SMILES string of the molecule is Cc1ccc(C(=O)Nc2cc(C)n(Cc3ccc(Cl)cc3)n2)cc1[N+](=O)[O-]. The fraction of sp³-hybridized carbons (Fsp3) is 0.158. The number of nitro groups is 1. The number of amides is 1. The lowest BCUT2D eigenvalue weighted by Gasteiger charge is -2.05. The molecule has 1 N–H and O–H groups in total. The highest BCUT2D eigenvalue weighted by molar-refractivity contribution is 6.30. The van der Waals surface area contributed by atoms with Crippen molar-refractivity contribution >= 4 is 29.0 Å². The summed E-state index contributed by atoms with van der Waals surface area (Å²) >= 11 is 5.89. The van der Waals surface area contributed by atoms with Crippen LogP contribution < -0.4 is 5.32 Å². The van der Waals surface area contributed by atoms with E-state index in [1.807, 2.05) is 31.2 Å². The Kier molecular flexibility index (Phi) is 5.23. The minimum Gasteiger partial charge on any atom is -0.305 e. The van der Waals surface area contributed by atoms with E-state index in [9.17, 15) is 14.9 Å². The molecule has 0 aliphatic carbocycles. The molecule has 1 amide bonds.